The summed E-state index contributed by atoms with van der Waals surface area (Å²) < 4.78 is 0. The topological polar surface area (TPSA) is 44.4 Å². The molecule has 0 saturated heterocycles. The average molecular weight is 277 g/mol. The monoisotopic (exact) mass is 277 g/mol. The molecule has 0 radical (unpaired) electrons. The molecule has 0 bridgehead atoms. The van der Waals surface area contributed by atoms with Crippen molar-refractivity contribution < 1.29 is 4.79 Å². The van der Waals surface area contributed by atoms with E-state index in [1.165, 1.54) is 5.56 Å². The maximum atomic E-state index is 11.7. The zero-order valence-electron chi connectivity index (χ0n) is 13.1. The second kappa shape index (κ2) is 8.59. The molecule has 112 valence electrons. The van der Waals surface area contributed by atoms with E-state index in [0.717, 1.165) is 18.8 Å². The van der Waals surface area contributed by atoms with Gasteiger partial charge < -0.3 is 15.5 Å². The molecule has 0 aliphatic rings. The summed E-state index contributed by atoms with van der Waals surface area (Å²) in [6, 6.07) is 8.22. The van der Waals surface area contributed by atoms with Gasteiger partial charge in [0.1, 0.15) is 0 Å². The normalized spacial score (nSPS) is 10.7. The summed E-state index contributed by atoms with van der Waals surface area (Å²) in [5.41, 5.74) is 2.33. The van der Waals surface area contributed by atoms with Crippen LogP contribution in [-0.2, 0) is 11.3 Å². The fourth-order valence-electron chi connectivity index (χ4n) is 2.08. The van der Waals surface area contributed by atoms with Crippen LogP contribution in [0.5, 0.6) is 0 Å². The molecule has 0 fully saturated rings. The lowest BCUT2D eigenvalue weighted by Gasteiger charge is -2.22. The molecule has 1 aromatic rings. The van der Waals surface area contributed by atoms with E-state index >= 15 is 0 Å². The molecule has 0 saturated carbocycles. The number of nitrogens with one attached hydrogen (secondary N) is 2. The Bertz CT molecular complexity index is 418. The van der Waals surface area contributed by atoms with Crippen LogP contribution in [-0.4, -0.2) is 32.6 Å². The van der Waals surface area contributed by atoms with Crippen LogP contribution >= 0.6 is 0 Å². The molecule has 0 aliphatic heterocycles. The first-order valence-corrected chi connectivity index (χ1v) is 7.31. The van der Waals surface area contributed by atoms with Gasteiger partial charge in [0.15, 0.2) is 0 Å². The Morgan fingerprint density at radius 3 is 2.65 bits per heavy atom. The van der Waals surface area contributed by atoms with Gasteiger partial charge in [-0.15, -0.1) is 0 Å². The van der Waals surface area contributed by atoms with Crippen molar-refractivity contribution in [3.05, 3.63) is 29.8 Å². The number of para-hydroxylation sites is 1. The van der Waals surface area contributed by atoms with Crippen molar-refractivity contribution in [3.63, 3.8) is 0 Å². The highest BCUT2D eigenvalue weighted by molar-refractivity contribution is 5.81. The van der Waals surface area contributed by atoms with Crippen LogP contribution in [0.3, 0.4) is 0 Å². The third-order valence-corrected chi connectivity index (χ3v) is 3.03. The molecule has 1 aromatic carbocycles. The Hall–Kier alpha value is -1.55. The molecule has 0 aliphatic carbocycles. The molecule has 0 unspecified atom stereocenters. The molecular formula is C16H27N3O. The van der Waals surface area contributed by atoms with Crippen molar-refractivity contribution in [2.24, 2.45) is 5.92 Å². The lowest BCUT2D eigenvalue weighted by atomic mass is 10.1. The molecule has 0 aromatic heterocycles. The largest absolute Gasteiger partial charge is 0.365 e. The van der Waals surface area contributed by atoms with Crippen molar-refractivity contribution in [3.8, 4) is 0 Å². The SMILES string of the molecule is CCNC(=O)CN(C)c1ccccc1CNCC(C)C. The number of carbonyl (C=O) groups excluding carboxylic acids is 1. The Labute approximate surface area is 122 Å². The second-order valence-corrected chi connectivity index (χ2v) is 5.46. The van der Waals surface area contributed by atoms with E-state index in [-0.39, 0.29) is 5.91 Å². The van der Waals surface area contributed by atoms with Gasteiger partial charge in [-0.3, -0.25) is 4.79 Å². The molecule has 0 atom stereocenters. The maximum Gasteiger partial charge on any atom is 0.239 e. The van der Waals surface area contributed by atoms with Gasteiger partial charge in [-0.25, -0.2) is 0 Å². The number of rotatable bonds is 8. The van der Waals surface area contributed by atoms with Gasteiger partial charge in [0.05, 0.1) is 6.54 Å². The summed E-state index contributed by atoms with van der Waals surface area (Å²) in [4.78, 5) is 13.7. The summed E-state index contributed by atoms with van der Waals surface area (Å²) in [7, 11) is 1.95. The molecule has 1 amide bonds. The number of nitrogens with zero attached hydrogens (tertiary/aromatic N) is 1. The number of anilines is 1. The average Bonchev–Trinajstić information content (AvgIpc) is 2.39. The molecule has 4 heteroatoms. The first kappa shape index (κ1) is 16.5. The first-order chi connectivity index (χ1) is 9.54. The Balaban J connectivity index is 2.66. The molecule has 0 spiro atoms. The van der Waals surface area contributed by atoms with Crippen LogP contribution in [0.2, 0.25) is 0 Å². The zero-order valence-corrected chi connectivity index (χ0v) is 13.1. The van der Waals surface area contributed by atoms with Gasteiger partial charge in [-0.2, -0.15) is 0 Å². The molecule has 2 N–H and O–H groups in total. The summed E-state index contributed by atoms with van der Waals surface area (Å²) in [6.07, 6.45) is 0. The van der Waals surface area contributed by atoms with E-state index in [0.29, 0.717) is 19.0 Å². The van der Waals surface area contributed by atoms with Crippen molar-refractivity contribution in [1.82, 2.24) is 10.6 Å². The van der Waals surface area contributed by atoms with Crippen LogP contribution in [0.4, 0.5) is 5.69 Å². The van der Waals surface area contributed by atoms with Gasteiger partial charge in [-0.05, 0) is 31.0 Å². The van der Waals surface area contributed by atoms with E-state index in [9.17, 15) is 4.79 Å². The smallest absolute Gasteiger partial charge is 0.239 e. The van der Waals surface area contributed by atoms with E-state index in [1.807, 2.05) is 31.0 Å². The van der Waals surface area contributed by atoms with Gasteiger partial charge in [0, 0.05) is 25.8 Å². The Morgan fingerprint density at radius 1 is 1.30 bits per heavy atom. The minimum Gasteiger partial charge on any atom is -0.365 e. The third-order valence-electron chi connectivity index (χ3n) is 3.03. The van der Waals surface area contributed by atoms with E-state index < -0.39 is 0 Å². The summed E-state index contributed by atoms with van der Waals surface area (Å²) in [6.45, 7) is 9.20. The first-order valence-electron chi connectivity index (χ1n) is 7.31. The third kappa shape index (κ3) is 5.61. The van der Waals surface area contributed by atoms with E-state index in [4.69, 9.17) is 0 Å². The number of amides is 1. The highest BCUT2D eigenvalue weighted by atomic mass is 16.2. The summed E-state index contributed by atoms with van der Waals surface area (Å²) in [5, 5.41) is 6.28. The molecule has 4 nitrogen and oxygen atoms in total. The number of likely N-dealkylation sites (N-methyl/N-ethyl adjacent to an activating group) is 2. The van der Waals surface area contributed by atoms with Gasteiger partial charge in [0.25, 0.3) is 0 Å². The molecule has 0 heterocycles. The van der Waals surface area contributed by atoms with Gasteiger partial charge in [0.2, 0.25) is 5.91 Å². The van der Waals surface area contributed by atoms with E-state index in [2.05, 4.69) is 36.6 Å². The number of hydrogen-bond donors (Lipinski definition) is 2. The van der Waals surface area contributed by atoms with Crippen LogP contribution in [0.25, 0.3) is 0 Å². The predicted molar refractivity (Wildman–Crippen MR) is 84.9 cm³/mol. The zero-order chi connectivity index (χ0) is 15.0. The van der Waals surface area contributed by atoms with Crippen LogP contribution < -0.4 is 15.5 Å². The molecular weight excluding hydrogens is 250 g/mol. The predicted octanol–water partition coefficient (Wildman–Crippen LogP) is 2.00. The van der Waals surface area contributed by atoms with Crippen LogP contribution in [0.15, 0.2) is 24.3 Å². The fourth-order valence-corrected chi connectivity index (χ4v) is 2.08. The number of benzene rings is 1. The highest BCUT2D eigenvalue weighted by Crippen LogP contribution is 2.18. The standard InChI is InChI=1S/C16H27N3O/c1-5-18-16(20)12-19(4)15-9-7-6-8-14(15)11-17-10-13(2)3/h6-9,13,17H,5,10-12H2,1-4H3,(H,18,20). The Kier molecular flexibility index (Phi) is 7.09. The summed E-state index contributed by atoms with van der Waals surface area (Å²) >= 11 is 0. The van der Waals surface area contributed by atoms with Crippen molar-refractivity contribution in [1.29, 1.82) is 0 Å². The maximum absolute atomic E-state index is 11.7. The van der Waals surface area contributed by atoms with Crippen molar-refractivity contribution >= 4 is 11.6 Å². The van der Waals surface area contributed by atoms with Crippen molar-refractivity contribution in [2.75, 3.05) is 31.6 Å². The quantitative estimate of drug-likeness (QED) is 0.764. The van der Waals surface area contributed by atoms with Crippen LogP contribution in [0, 0.1) is 5.92 Å². The van der Waals surface area contributed by atoms with E-state index in [1.54, 1.807) is 0 Å². The fraction of sp³-hybridized carbons (Fsp3) is 0.562. The Morgan fingerprint density at radius 2 is 2.00 bits per heavy atom. The summed E-state index contributed by atoms with van der Waals surface area (Å²) in [5.74, 6) is 0.690. The lowest BCUT2D eigenvalue weighted by Crippen LogP contribution is -2.35. The second-order valence-electron chi connectivity index (χ2n) is 5.46. The minimum atomic E-state index is 0.0555. The highest BCUT2D eigenvalue weighted by Gasteiger charge is 2.10. The van der Waals surface area contributed by atoms with Crippen molar-refractivity contribution in [2.45, 2.75) is 27.3 Å². The molecule has 1 rings (SSSR count). The van der Waals surface area contributed by atoms with Gasteiger partial charge in [-0.1, -0.05) is 32.0 Å². The number of carbonyl (C=O) groups is 1. The minimum absolute atomic E-state index is 0.0555. The van der Waals surface area contributed by atoms with Crippen LogP contribution in [0.1, 0.15) is 26.3 Å². The lowest BCUT2D eigenvalue weighted by molar-refractivity contribution is -0.119. The molecule has 20 heavy (non-hydrogen) atoms. The number of hydrogen-bond acceptors (Lipinski definition) is 3. The van der Waals surface area contributed by atoms with Gasteiger partial charge >= 0.3 is 0 Å².